The molecule has 1 aromatic carbocycles. The van der Waals surface area contributed by atoms with Crippen molar-refractivity contribution in [2.75, 3.05) is 26.3 Å². The third-order valence-electron chi connectivity index (χ3n) is 6.24. The van der Waals surface area contributed by atoms with E-state index in [9.17, 15) is 4.79 Å². The van der Waals surface area contributed by atoms with E-state index in [1.54, 1.807) is 6.92 Å². The molecule has 0 saturated carbocycles. The molecule has 6 heteroatoms. The summed E-state index contributed by atoms with van der Waals surface area (Å²) in [5.41, 5.74) is 11.9. The predicted molar refractivity (Wildman–Crippen MR) is 119 cm³/mol. The van der Waals surface area contributed by atoms with Crippen molar-refractivity contribution >= 4 is 28.1 Å². The summed E-state index contributed by atoms with van der Waals surface area (Å²) < 4.78 is 5.49. The average Bonchev–Trinajstić information content (AvgIpc) is 2.78. The zero-order valence-corrected chi connectivity index (χ0v) is 17.9. The van der Waals surface area contributed by atoms with Crippen LogP contribution in [0, 0.1) is 0 Å². The van der Waals surface area contributed by atoms with Crippen LogP contribution in [0.15, 0.2) is 41.2 Å². The molecule has 0 atom stereocenters. The Hall–Kier alpha value is -2.73. The zero-order chi connectivity index (χ0) is 21.1. The molecule has 6 nitrogen and oxygen atoms in total. The fraction of sp³-hybridized carbons (Fsp3) is 0.458. The number of benzene rings is 1. The standard InChI is InChI=1S/C24H30N4O2/c1-3-17-4-5-20(21-14-26-10-6-19(17)21)24(25)22-15-28(16(2)29)11-7-23(22)27-18-8-12-30-13-9-18/h4-6,10,14,18H,3,7-9,11-13,15,25H2,1-2H3/p+1. The number of aromatic amines is 1. The maximum atomic E-state index is 12.1. The molecule has 0 spiro atoms. The number of nitrogens with zero attached hydrogens (tertiary/aromatic N) is 2. The Bertz CT molecular complexity index is 1010. The van der Waals surface area contributed by atoms with Crippen molar-refractivity contribution in [2.24, 2.45) is 10.7 Å². The van der Waals surface area contributed by atoms with Gasteiger partial charge in [0.25, 0.3) is 0 Å². The first kappa shape index (κ1) is 20.5. The molecule has 30 heavy (non-hydrogen) atoms. The van der Waals surface area contributed by atoms with E-state index in [1.165, 1.54) is 10.9 Å². The second-order valence-corrected chi connectivity index (χ2v) is 8.10. The van der Waals surface area contributed by atoms with Gasteiger partial charge in [-0.3, -0.25) is 9.79 Å². The fourth-order valence-corrected chi connectivity index (χ4v) is 4.44. The first-order valence-corrected chi connectivity index (χ1v) is 10.9. The van der Waals surface area contributed by atoms with Crippen molar-refractivity contribution in [2.45, 2.75) is 45.6 Å². The van der Waals surface area contributed by atoms with Gasteiger partial charge in [0.2, 0.25) is 5.91 Å². The van der Waals surface area contributed by atoms with Gasteiger partial charge in [0, 0.05) is 68.3 Å². The Morgan fingerprint density at radius 2 is 2.07 bits per heavy atom. The number of aryl methyl sites for hydroxylation is 1. The van der Waals surface area contributed by atoms with Crippen LogP contribution in [0.3, 0.4) is 0 Å². The predicted octanol–water partition coefficient (Wildman–Crippen LogP) is 2.76. The molecule has 3 N–H and O–H groups in total. The quantitative estimate of drug-likeness (QED) is 0.849. The Balaban J connectivity index is 1.82. The highest BCUT2D eigenvalue weighted by Crippen LogP contribution is 2.29. The third-order valence-corrected chi connectivity index (χ3v) is 6.24. The molecule has 1 aromatic heterocycles. The molecule has 3 heterocycles. The van der Waals surface area contributed by atoms with Crippen molar-refractivity contribution in [1.29, 1.82) is 0 Å². The molecule has 0 unspecified atom stereocenters. The lowest BCUT2D eigenvalue weighted by Crippen LogP contribution is -2.40. The lowest BCUT2D eigenvalue weighted by atomic mass is 9.92. The molecule has 2 aromatic rings. The lowest BCUT2D eigenvalue weighted by Gasteiger charge is -2.31. The van der Waals surface area contributed by atoms with E-state index < -0.39 is 0 Å². The third kappa shape index (κ3) is 4.10. The number of piperidine rings is 1. The maximum Gasteiger partial charge on any atom is 0.219 e. The van der Waals surface area contributed by atoms with Gasteiger partial charge in [-0.1, -0.05) is 19.1 Å². The van der Waals surface area contributed by atoms with Gasteiger partial charge in [0.05, 0.1) is 11.4 Å². The van der Waals surface area contributed by atoms with Crippen molar-refractivity contribution in [3.63, 3.8) is 0 Å². The van der Waals surface area contributed by atoms with Crippen molar-refractivity contribution in [3.05, 3.63) is 47.3 Å². The number of aliphatic imine (C=N–C) groups is 1. The van der Waals surface area contributed by atoms with E-state index in [0.29, 0.717) is 13.1 Å². The number of aromatic nitrogens is 1. The number of amides is 1. The smallest absolute Gasteiger partial charge is 0.219 e. The topological polar surface area (TPSA) is 82.1 Å². The number of pyridine rings is 1. The summed E-state index contributed by atoms with van der Waals surface area (Å²) in [7, 11) is 0. The number of nitrogens with one attached hydrogen (secondary N) is 1. The number of carbonyl (C=O) groups excluding carboxylic acids is 1. The molecule has 0 bridgehead atoms. The van der Waals surface area contributed by atoms with Crippen LogP contribution < -0.4 is 10.7 Å². The number of hydrogen-bond acceptors (Lipinski definition) is 4. The molecule has 2 aliphatic heterocycles. The van der Waals surface area contributed by atoms with E-state index in [-0.39, 0.29) is 11.9 Å². The summed E-state index contributed by atoms with van der Waals surface area (Å²) in [5.74, 6) is 0.0740. The average molecular weight is 408 g/mol. The first-order valence-electron chi connectivity index (χ1n) is 10.9. The minimum atomic E-state index is 0.0740. The summed E-state index contributed by atoms with van der Waals surface area (Å²) in [5, 5.41) is 2.31. The molecular weight excluding hydrogens is 376 g/mol. The van der Waals surface area contributed by atoms with Gasteiger partial charge in [0.1, 0.15) is 0 Å². The molecule has 0 aliphatic carbocycles. The van der Waals surface area contributed by atoms with Gasteiger partial charge in [-0.25, -0.2) is 4.98 Å². The second kappa shape index (κ2) is 8.96. The van der Waals surface area contributed by atoms with Gasteiger partial charge in [-0.05, 0) is 30.2 Å². The summed E-state index contributed by atoms with van der Waals surface area (Å²) in [6.45, 7) is 6.50. The van der Waals surface area contributed by atoms with Crippen molar-refractivity contribution in [1.82, 2.24) is 4.90 Å². The fourth-order valence-electron chi connectivity index (χ4n) is 4.44. The minimum absolute atomic E-state index is 0.0740. The normalized spacial score (nSPS) is 21.3. The van der Waals surface area contributed by atoms with Crippen LogP contribution in [-0.2, 0) is 16.0 Å². The first-order chi connectivity index (χ1) is 14.6. The van der Waals surface area contributed by atoms with Crippen molar-refractivity contribution in [3.8, 4) is 0 Å². The van der Waals surface area contributed by atoms with Gasteiger partial charge in [-0.2, -0.15) is 0 Å². The number of hydrogen-bond donors (Lipinski definition) is 1. The Labute approximate surface area is 177 Å². The summed E-state index contributed by atoms with van der Waals surface area (Å²) in [6, 6.07) is 6.64. The number of likely N-dealkylation sites (tertiary alicyclic amines) is 1. The highest BCUT2D eigenvalue weighted by atomic mass is 16.5. The Morgan fingerprint density at radius 1 is 1.27 bits per heavy atom. The van der Waals surface area contributed by atoms with Gasteiger partial charge in [-0.15, -0.1) is 0 Å². The lowest BCUT2D eigenvalue weighted by molar-refractivity contribution is -0.375. The highest BCUT2D eigenvalue weighted by Gasteiger charge is 2.26. The van der Waals surface area contributed by atoms with Crippen LogP contribution in [0.5, 0.6) is 0 Å². The number of fused-ring (bicyclic) bond motifs is 1. The van der Waals surface area contributed by atoms with Gasteiger partial charge >= 0.3 is 0 Å². The number of nitrogens with two attached hydrogens (primary N) is 1. The van der Waals surface area contributed by atoms with E-state index >= 15 is 0 Å². The second-order valence-electron chi connectivity index (χ2n) is 8.10. The van der Waals surface area contributed by atoms with E-state index in [4.69, 9.17) is 15.5 Å². The molecule has 158 valence electrons. The molecular formula is C24H31N4O2+. The number of carbonyl (C=O) groups is 1. The summed E-state index contributed by atoms with van der Waals surface area (Å²) in [4.78, 5) is 22.2. The summed E-state index contributed by atoms with van der Waals surface area (Å²) in [6.07, 6.45) is 7.55. The largest absolute Gasteiger partial charge is 0.398 e. The van der Waals surface area contributed by atoms with Gasteiger partial charge in [0.15, 0.2) is 12.4 Å². The molecule has 2 aliphatic rings. The van der Waals surface area contributed by atoms with Crippen LogP contribution in [0.1, 0.15) is 44.2 Å². The van der Waals surface area contributed by atoms with Gasteiger partial charge < -0.3 is 15.4 Å². The van der Waals surface area contributed by atoms with Crippen LogP contribution in [0.25, 0.3) is 16.5 Å². The highest BCUT2D eigenvalue weighted by molar-refractivity contribution is 6.10. The molecule has 2 saturated heterocycles. The molecule has 0 radical (unpaired) electrons. The van der Waals surface area contributed by atoms with E-state index in [1.807, 2.05) is 17.3 Å². The summed E-state index contributed by atoms with van der Waals surface area (Å²) >= 11 is 0. The van der Waals surface area contributed by atoms with E-state index in [0.717, 1.165) is 66.8 Å². The molecule has 4 rings (SSSR count). The maximum absolute atomic E-state index is 12.1. The monoisotopic (exact) mass is 407 g/mol. The minimum Gasteiger partial charge on any atom is -0.398 e. The van der Waals surface area contributed by atoms with Crippen molar-refractivity contribution < 1.29 is 14.5 Å². The number of rotatable bonds is 3. The number of H-pyrrole nitrogens is 1. The Morgan fingerprint density at radius 3 is 2.80 bits per heavy atom. The molecule has 2 fully saturated rings. The Kier molecular flexibility index (Phi) is 6.13. The SMILES string of the molecule is CCc1ccc(C(N)=C2CN(C(C)=O)CCC2=NC2CCOCC2)c2c[nH+]ccc12. The van der Waals surface area contributed by atoms with E-state index in [2.05, 4.69) is 30.1 Å². The van der Waals surface area contributed by atoms with Crippen LogP contribution in [0.4, 0.5) is 0 Å². The van der Waals surface area contributed by atoms with Crippen LogP contribution in [-0.4, -0.2) is 48.9 Å². The van der Waals surface area contributed by atoms with Crippen LogP contribution >= 0.6 is 0 Å². The number of ether oxygens (including phenoxy) is 1. The molecule has 1 amide bonds. The van der Waals surface area contributed by atoms with Crippen LogP contribution in [0.2, 0.25) is 0 Å². The zero-order valence-electron chi connectivity index (χ0n) is 17.9.